The highest BCUT2D eigenvalue weighted by Gasteiger charge is 2.16. The summed E-state index contributed by atoms with van der Waals surface area (Å²) in [5.41, 5.74) is 2.45. The summed E-state index contributed by atoms with van der Waals surface area (Å²) in [7, 11) is 0. The number of pyridine rings is 1. The van der Waals surface area contributed by atoms with Crippen molar-refractivity contribution >= 4 is 23.3 Å². The molecule has 0 bridgehead atoms. The molecule has 8 heteroatoms. The van der Waals surface area contributed by atoms with Gasteiger partial charge in [0.2, 0.25) is 0 Å². The first kappa shape index (κ1) is 19.8. The maximum Gasteiger partial charge on any atom is 0.274 e. The molecular weight excluding hydrogens is 376 g/mol. The summed E-state index contributed by atoms with van der Waals surface area (Å²) >= 11 is 6.01. The molecule has 28 heavy (non-hydrogen) atoms. The van der Waals surface area contributed by atoms with Crippen LogP contribution in [-0.4, -0.2) is 39.0 Å². The van der Waals surface area contributed by atoms with Gasteiger partial charge in [-0.05, 0) is 50.6 Å². The van der Waals surface area contributed by atoms with E-state index in [0.29, 0.717) is 22.9 Å². The summed E-state index contributed by atoms with van der Waals surface area (Å²) < 4.78 is 0. The van der Waals surface area contributed by atoms with Gasteiger partial charge in [-0.15, -0.1) is 5.10 Å². The quantitative estimate of drug-likeness (QED) is 0.660. The van der Waals surface area contributed by atoms with Gasteiger partial charge in [-0.25, -0.2) is 4.98 Å². The van der Waals surface area contributed by atoms with Crippen molar-refractivity contribution in [3.05, 3.63) is 64.6 Å². The molecule has 0 radical (unpaired) electrons. The van der Waals surface area contributed by atoms with E-state index < -0.39 is 0 Å². The van der Waals surface area contributed by atoms with Gasteiger partial charge in [0.25, 0.3) is 5.91 Å². The Balaban J connectivity index is 1.67. The lowest BCUT2D eigenvalue weighted by Gasteiger charge is -2.19. The van der Waals surface area contributed by atoms with E-state index in [1.54, 1.807) is 25.3 Å². The molecule has 0 aliphatic rings. The Labute approximate surface area is 169 Å². The van der Waals surface area contributed by atoms with Gasteiger partial charge >= 0.3 is 0 Å². The predicted octanol–water partition coefficient (Wildman–Crippen LogP) is 3.40. The number of nitrogens with one attached hydrogen (secondary N) is 1. The second-order valence-electron chi connectivity index (χ2n) is 6.28. The number of halogens is 1. The van der Waals surface area contributed by atoms with E-state index in [-0.39, 0.29) is 11.6 Å². The second kappa shape index (κ2) is 8.84. The Morgan fingerprint density at radius 2 is 1.96 bits per heavy atom. The molecule has 3 rings (SSSR count). The van der Waals surface area contributed by atoms with Crippen LogP contribution in [0, 0.1) is 6.92 Å². The Morgan fingerprint density at radius 1 is 1.18 bits per heavy atom. The smallest absolute Gasteiger partial charge is 0.274 e. The number of amides is 1. The van der Waals surface area contributed by atoms with Crippen LogP contribution >= 0.6 is 11.6 Å². The normalized spacial score (nSPS) is 10.7. The summed E-state index contributed by atoms with van der Waals surface area (Å²) in [4.78, 5) is 20.6. The maximum absolute atomic E-state index is 12.5. The van der Waals surface area contributed by atoms with Crippen molar-refractivity contribution < 1.29 is 4.79 Å². The number of rotatable bonds is 7. The topological polar surface area (TPSA) is 75.9 Å². The van der Waals surface area contributed by atoms with Crippen LogP contribution in [0.4, 0.5) is 5.82 Å². The van der Waals surface area contributed by atoms with Crippen molar-refractivity contribution in [2.24, 2.45) is 0 Å². The van der Waals surface area contributed by atoms with E-state index in [4.69, 9.17) is 11.6 Å². The number of aryl methyl sites for hydroxylation is 1. The summed E-state index contributed by atoms with van der Waals surface area (Å²) in [5.74, 6) is 0.652. The molecule has 0 fully saturated rings. The van der Waals surface area contributed by atoms with Crippen molar-refractivity contribution in [3.63, 3.8) is 0 Å². The Hall–Kier alpha value is -2.93. The fourth-order valence-corrected chi connectivity index (χ4v) is 3.01. The molecule has 3 aromatic rings. The zero-order chi connectivity index (χ0) is 20.1. The number of carbonyl (C=O) groups is 1. The van der Waals surface area contributed by atoms with Crippen molar-refractivity contribution in [3.8, 4) is 5.69 Å². The fourth-order valence-electron chi connectivity index (χ4n) is 2.83. The van der Waals surface area contributed by atoms with Crippen molar-refractivity contribution in [2.45, 2.75) is 27.3 Å². The number of nitrogens with zero attached hydrogens (tertiary/aromatic N) is 5. The molecule has 0 aliphatic heterocycles. The van der Waals surface area contributed by atoms with Gasteiger partial charge in [0.05, 0.1) is 11.4 Å². The third-order valence-corrected chi connectivity index (χ3v) is 4.62. The second-order valence-corrected chi connectivity index (χ2v) is 6.72. The first-order chi connectivity index (χ1) is 13.5. The highest BCUT2D eigenvalue weighted by Crippen LogP contribution is 2.15. The van der Waals surface area contributed by atoms with Gasteiger partial charge in [-0.3, -0.25) is 4.79 Å². The highest BCUT2D eigenvalue weighted by atomic mass is 35.5. The van der Waals surface area contributed by atoms with E-state index in [1.165, 1.54) is 4.80 Å². The molecule has 0 saturated carbocycles. The van der Waals surface area contributed by atoms with Crippen molar-refractivity contribution in [1.82, 2.24) is 25.3 Å². The van der Waals surface area contributed by atoms with Crippen LogP contribution in [0.5, 0.6) is 0 Å². The van der Waals surface area contributed by atoms with E-state index in [1.807, 2.05) is 24.3 Å². The molecule has 2 heterocycles. The largest absolute Gasteiger partial charge is 0.357 e. The first-order valence-corrected chi connectivity index (χ1v) is 9.57. The molecule has 2 aromatic heterocycles. The number of hydrogen-bond acceptors (Lipinski definition) is 5. The standard InChI is InChI=1S/C20H23ClN6O/c1-4-26(5-2)18-10-9-15(12-22-18)13-23-20(28)19-14(3)24-27(25-19)17-8-6-7-16(21)11-17/h6-12H,4-5,13H2,1-3H3,(H,23,28). The predicted molar refractivity (Wildman–Crippen MR) is 110 cm³/mol. The molecule has 0 spiro atoms. The molecule has 0 saturated heterocycles. The number of benzene rings is 1. The molecular formula is C20H23ClN6O. The van der Waals surface area contributed by atoms with Gasteiger partial charge in [0.15, 0.2) is 5.69 Å². The minimum Gasteiger partial charge on any atom is -0.357 e. The van der Waals surface area contributed by atoms with Gasteiger partial charge < -0.3 is 10.2 Å². The lowest BCUT2D eigenvalue weighted by atomic mass is 10.2. The minimum absolute atomic E-state index is 0.279. The van der Waals surface area contributed by atoms with Gasteiger partial charge in [0, 0.05) is 30.9 Å². The van der Waals surface area contributed by atoms with Crippen LogP contribution < -0.4 is 10.2 Å². The molecule has 1 amide bonds. The third kappa shape index (κ3) is 4.48. The van der Waals surface area contributed by atoms with Gasteiger partial charge in [-0.1, -0.05) is 23.7 Å². The van der Waals surface area contributed by atoms with Gasteiger partial charge in [0.1, 0.15) is 5.82 Å². The average Bonchev–Trinajstić information content (AvgIpc) is 3.10. The lowest BCUT2D eigenvalue weighted by molar-refractivity contribution is 0.0945. The zero-order valence-corrected chi connectivity index (χ0v) is 16.9. The van der Waals surface area contributed by atoms with E-state index in [2.05, 4.69) is 39.2 Å². The molecule has 1 aromatic carbocycles. The van der Waals surface area contributed by atoms with E-state index in [0.717, 1.165) is 24.5 Å². The Kier molecular flexibility index (Phi) is 6.26. The third-order valence-electron chi connectivity index (χ3n) is 4.39. The zero-order valence-electron chi connectivity index (χ0n) is 16.2. The minimum atomic E-state index is -0.279. The van der Waals surface area contributed by atoms with E-state index >= 15 is 0 Å². The summed E-state index contributed by atoms with van der Waals surface area (Å²) in [6.07, 6.45) is 1.78. The number of hydrogen-bond donors (Lipinski definition) is 1. The van der Waals surface area contributed by atoms with Crippen LogP contribution in [0.15, 0.2) is 42.6 Å². The number of carbonyl (C=O) groups excluding carboxylic acids is 1. The Morgan fingerprint density at radius 3 is 2.61 bits per heavy atom. The molecule has 7 nitrogen and oxygen atoms in total. The number of aromatic nitrogens is 4. The average molecular weight is 399 g/mol. The molecule has 0 unspecified atom stereocenters. The van der Waals surface area contributed by atoms with Crippen molar-refractivity contribution in [1.29, 1.82) is 0 Å². The number of anilines is 1. The maximum atomic E-state index is 12.5. The van der Waals surface area contributed by atoms with Crippen LogP contribution in [0.25, 0.3) is 5.69 Å². The van der Waals surface area contributed by atoms with Gasteiger partial charge in [-0.2, -0.15) is 9.90 Å². The van der Waals surface area contributed by atoms with Crippen LogP contribution in [-0.2, 0) is 6.54 Å². The monoisotopic (exact) mass is 398 g/mol. The summed E-state index contributed by atoms with van der Waals surface area (Å²) in [6, 6.07) is 11.1. The van der Waals surface area contributed by atoms with Crippen LogP contribution in [0.3, 0.4) is 0 Å². The molecule has 0 aliphatic carbocycles. The van der Waals surface area contributed by atoms with Crippen molar-refractivity contribution in [2.75, 3.05) is 18.0 Å². The lowest BCUT2D eigenvalue weighted by Crippen LogP contribution is -2.25. The van der Waals surface area contributed by atoms with Crippen LogP contribution in [0.1, 0.15) is 35.6 Å². The highest BCUT2D eigenvalue weighted by molar-refractivity contribution is 6.30. The molecule has 146 valence electrons. The molecule has 0 atom stereocenters. The Bertz CT molecular complexity index is 950. The summed E-state index contributed by atoms with van der Waals surface area (Å²) in [5, 5.41) is 12.1. The fraction of sp³-hybridized carbons (Fsp3) is 0.300. The first-order valence-electron chi connectivity index (χ1n) is 9.19. The van der Waals surface area contributed by atoms with E-state index in [9.17, 15) is 4.79 Å². The molecule has 1 N–H and O–H groups in total. The SMILES string of the molecule is CCN(CC)c1ccc(CNC(=O)c2nn(-c3cccc(Cl)c3)nc2C)cn1. The summed E-state index contributed by atoms with van der Waals surface area (Å²) in [6.45, 7) is 8.12. The van der Waals surface area contributed by atoms with Crippen LogP contribution in [0.2, 0.25) is 5.02 Å².